The molecule has 2 aromatic rings. The Morgan fingerprint density at radius 3 is 2.35 bits per heavy atom. The molecule has 1 N–H and O–H groups in total. The standard InChI is InChI=1S/C22H29N3O/c1-2-4-20(5-3-1)18-26-22-8-6-19(7-9-22)17-24-12-14-25(15-13-24)21-10-11-23-16-21/h1-9,21,23H,10-18H2. The second kappa shape index (κ2) is 8.67. The highest BCUT2D eigenvalue weighted by molar-refractivity contribution is 5.27. The van der Waals surface area contributed by atoms with Crippen LogP contribution < -0.4 is 10.1 Å². The van der Waals surface area contributed by atoms with Crippen molar-refractivity contribution in [1.82, 2.24) is 15.1 Å². The van der Waals surface area contributed by atoms with Crippen LogP contribution in [0, 0.1) is 0 Å². The molecular weight excluding hydrogens is 322 g/mol. The van der Waals surface area contributed by atoms with Gasteiger partial charge >= 0.3 is 0 Å². The van der Waals surface area contributed by atoms with E-state index >= 15 is 0 Å². The molecule has 2 aromatic carbocycles. The summed E-state index contributed by atoms with van der Waals surface area (Å²) in [4.78, 5) is 5.23. The van der Waals surface area contributed by atoms with E-state index in [1.165, 1.54) is 56.8 Å². The first kappa shape index (κ1) is 17.5. The fourth-order valence-electron chi connectivity index (χ4n) is 3.93. The summed E-state index contributed by atoms with van der Waals surface area (Å²) < 4.78 is 5.88. The molecule has 4 nitrogen and oxygen atoms in total. The van der Waals surface area contributed by atoms with Gasteiger partial charge in [-0.15, -0.1) is 0 Å². The van der Waals surface area contributed by atoms with Crippen molar-refractivity contribution in [1.29, 1.82) is 0 Å². The van der Waals surface area contributed by atoms with Gasteiger partial charge in [0, 0.05) is 45.3 Å². The van der Waals surface area contributed by atoms with E-state index in [0.29, 0.717) is 6.61 Å². The Morgan fingerprint density at radius 2 is 1.65 bits per heavy atom. The van der Waals surface area contributed by atoms with Gasteiger partial charge in [-0.25, -0.2) is 0 Å². The average Bonchev–Trinajstić information content (AvgIpc) is 3.24. The topological polar surface area (TPSA) is 27.7 Å². The van der Waals surface area contributed by atoms with Crippen molar-refractivity contribution in [3.05, 3.63) is 65.7 Å². The fourth-order valence-corrected chi connectivity index (χ4v) is 3.93. The predicted octanol–water partition coefficient (Wildman–Crippen LogP) is 2.75. The van der Waals surface area contributed by atoms with E-state index in [9.17, 15) is 0 Å². The molecule has 2 fully saturated rings. The maximum absolute atomic E-state index is 5.88. The van der Waals surface area contributed by atoms with Crippen LogP contribution in [0.1, 0.15) is 17.5 Å². The summed E-state index contributed by atoms with van der Waals surface area (Å²) in [5.41, 5.74) is 2.57. The van der Waals surface area contributed by atoms with Crippen LogP contribution in [0.5, 0.6) is 5.75 Å². The van der Waals surface area contributed by atoms with Gasteiger partial charge in [0.15, 0.2) is 0 Å². The van der Waals surface area contributed by atoms with Crippen LogP contribution in [0.3, 0.4) is 0 Å². The zero-order valence-electron chi connectivity index (χ0n) is 15.4. The van der Waals surface area contributed by atoms with Crippen molar-refractivity contribution < 1.29 is 4.74 Å². The average molecular weight is 351 g/mol. The Hall–Kier alpha value is -1.88. The van der Waals surface area contributed by atoms with Crippen LogP contribution in [-0.4, -0.2) is 55.1 Å². The van der Waals surface area contributed by atoms with Crippen LogP contribution in [0.25, 0.3) is 0 Å². The molecule has 0 bridgehead atoms. The molecule has 0 amide bonds. The summed E-state index contributed by atoms with van der Waals surface area (Å²) in [6.45, 7) is 8.75. The third-order valence-corrected chi connectivity index (χ3v) is 5.54. The van der Waals surface area contributed by atoms with Crippen LogP contribution >= 0.6 is 0 Å². The Kier molecular flexibility index (Phi) is 5.85. The Bertz CT molecular complexity index is 660. The summed E-state index contributed by atoms with van der Waals surface area (Å²) in [5.74, 6) is 0.941. The smallest absolute Gasteiger partial charge is 0.119 e. The molecule has 0 radical (unpaired) electrons. The van der Waals surface area contributed by atoms with E-state index in [4.69, 9.17) is 4.74 Å². The molecule has 0 aromatic heterocycles. The molecule has 0 saturated carbocycles. The Labute approximate surface area is 156 Å². The van der Waals surface area contributed by atoms with Gasteiger partial charge in [0.2, 0.25) is 0 Å². The normalized spacial score (nSPS) is 21.8. The number of piperazine rings is 1. The summed E-state index contributed by atoms with van der Waals surface area (Å²) in [6.07, 6.45) is 1.31. The molecule has 0 spiro atoms. The Morgan fingerprint density at radius 1 is 0.885 bits per heavy atom. The number of ether oxygens (including phenoxy) is 1. The van der Waals surface area contributed by atoms with Gasteiger partial charge in [-0.1, -0.05) is 42.5 Å². The summed E-state index contributed by atoms with van der Waals surface area (Å²) in [7, 11) is 0. The van der Waals surface area contributed by atoms with Crippen molar-refractivity contribution >= 4 is 0 Å². The van der Waals surface area contributed by atoms with Gasteiger partial charge < -0.3 is 10.1 Å². The lowest BCUT2D eigenvalue weighted by Crippen LogP contribution is -2.50. The molecular formula is C22H29N3O. The Balaban J connectivity index is 1.23. The van der Waals surface area contributed by atoms with Crippen LogP contribution in [0.2, 0.25) is 0 Å². The van der Waals surface area contributed by atoms with Gasteiger partial charge in [0.25, 0.3) is 0 Å². The van der Waals surface area contributed by atoms with Gasteiger partial charge in [0.05, 0.1) is 0 Å². The largest absolute Gasteiger partial charge is 0.489 e. The first-order chi connectivity index (χ1) is 12.9. The minimum absolute atomic E-state index is 0.623. The molecule has 2 aliphatic heterocycles. The minimum Gasteiger partial charge on any atom is -0.489 e. The van der Waals surface area contributed by atoms with Gasteiger partial charge in [-0.2, -0.15) is 0 Å². The maximum Gasteiger partial charge on any atom is 0.119 e. The summed E-state index contributed by atoms with van der Waals surface area (Å²) in [5, 5.41) is 3.48. The fraction of sp³-hybridized carbons (Fsp3) is 0.455. The number of rotatable bonds is 6. The molecule has 1 unspecified atom stereocenters. The SMILES string of the molecule is c1ccc(COc2ccc(CN3CCN(C4CCNC4)CC3)cc2)cc1. The highest BCUT2D eigenvalue weighted by Crippen LogP contribution is 2.17. The lowest BCUT2D eigenvalue weighted by atomic mass is 10.1. The molecule has 138 valence electrons. The first-order valence-electron chi connectivity index (χ1n) is 9.79. The van der Waals surface area contributed by atoms with E-state index in [1.807, 2.05) is 18.2 Å². The monoisotopic (exact) mass is 351 g/mol. The van der Waals surface area contributed by atoms with Crippen LogP contribution in [-0.2, 0) is 13.2 Å². The number of nitrogens with zero attached hydrogens (tertiary/aromatic N) is 2. The number of nitrogens with one attached hydrogen (secondary N) is 1. The molecule has 1 atom stereocenters. The van der Waals surface area contributed by atoms with Crippen molar-refractivity contribution in [3.8, 4) is 5.75 Å². The van der Waals surface area contributed by atoms with E-state index < -0.39 is 0 Å². The third-order valence-electron chi connectivity index (χ3n) is 5.54. The van der Waals surface area contributed by atoms with Crippen LogP contribution in [0.15, 0.2) is 54.6 Å². The zero-order valence-corrected chi connectivity index (χ0v) is 15.4. The van der Waals surface area contributed by atoms with E-state index in [-0.39, 0.29) is 0 Å². The number of hydrogen-bond donors (Lipinski definition) is 1. The molecule has 4 heteroatoms. The highest BCUT2D eigenvalue weighted by atomic mass is 16.5. The van der Waals surface area contributed by atoms with Crippen LogP contribution in [0.4, 0.5) is 0 Å². The van der Waals surface area contributed by atoms with Gasteiger partial charge in [-0.05, 0) is 36.2 Å². The molecule has 4 rings (SSSR count). The minimum atomic E-state index is 0.623. The molecule has 2 saturated heterocycles. The summed E-state index contributed by atoms with van der Waals surface area (Å²) >= 11 is 0. The van der Waals surface area contributed by atoms with Crippen molar-refractivity contribution in [2.45, 2.75) is 25.6 Å². The maximum atomic E-state index is 5.88. The zero-order chi connectivity index (χ0) is 17.6. The van der Waals surface area contributed by atoms with Gasteiger partial charge in [0.1, 0.15) is 12.4 Å². The van der Waals surface area contributed by atoms with E-state index in [1.54, 1.807) is 0 Å². The van der Waals surface area contributed by atoms with Gasteiger partial charge in [-0.3, -0.25) is 9.80 Å². The summed E-state index contributed by atoms with van der Waals surface area (Å²) in [6, 6.07) is 19.7. The number of benzene rings is 2. The lowest BCUT2D eigenvalue weighted by molar-refractivity contribution is 0.0981. The first-order valence-corrected chi connectivity index (χ1v) is 9.79. The van der Waals surface area contributed by atoms with E-state index in [0.717, 1.165) is 18.3 Å². The molecule has 26 heavy (non-hydrogen) atoms. The van der Waals surface area contributed by atoms with Crippen molar-refractivity contribution in [2.24, 2.45) is 0 Å². The van der Waals surface area contributed by atoms with Crippen molar-refractivity contribution in [3.63, 3.8) is 0 Å². The number of hydrogen-bond acceptors (Lipinski definition) is 4. The quantitative estimate of drug-likeness (QED) is 0.866. The lowest BCUT2D eigenvalue weighted by Gasteiger charge is -2.37. The molecule has 2 heterocycles. The molecule has 2 aliphatic rings. The molecule has 0 aliphatic carbocycles. The van der Waals surface area contributed by atoms with E-state index in [2.05, 4.69) is 51.5 Å². The highest BCUT2D eigenvalue weighted by Gasteiger charge is 2.25. The third kappa shape index (κ3) is 4.64. The second-order valence-corrected chi connectivity index (χ2v) is 7.38. The van der Waals surface area contributed by atoms with Crippen molar-refractivity contribution in [2.75, 3.05) is 39.3 Å². The second-order valence-electron chi connectivity index (χ2n) is 7.38. The predicted molar refractivity (Wildman–Crippen MR) is 105 cm³/mol.